The molecule has 0 spiro atoms. The maximum absolute atomic E-state index is 12.6. The van der Waals surface area contributed by atoms with Crippen molar-refractivity contribution < 1.29 is 14.6 Å². The Kier molecular flexibility index (Phi) is 7.13. The SMILES string of the molecule is CC(C)(O)CCCCC1CCC2C3CC=C4CC(OC(=O)c5ccccn5)CCC4(C)C3CCC12C. The standard InChI is InChI=1S/C32H47NO3/c1-30(2,35)17-7-5-9-22-12-14-26-25-13-11-23-21-24(36-29(34)28-10-6-8-20-33-28)15-18-32(23,4)27(25)16-19-31(22,26)3/h6,8,10-11,20,22,24-27,35H,5,7,9,12-19,21H2,1-4H3. The molecule has 0 aliphatic heterocycles. The number of hydrogen-bond donors (Lipinski definition) is 1. The Hall–Kier alpha value is -1.68. The van der Waals surface area contributed by atoms with Gasteiger partial charge >= 0.3 is 5.97 Å². The molecule has 1 heterocycles. The van der Waals surface area contributed by atoms with Crippen molar-refractivity contribution >= 4 is 5.97 Å². The minimum absolute atomic E-state index is 0.0241. The van der Waals surface area contributed by atoms with Crippen molar-refractivity contribution in [1.82, 2.24) is 4.98 Å². The summed E-state index contributed by atoms with van der Waals surface area (Å²) in [4.78, 5) is 16.8. The van der Waals surface area contributed by atoms with Crippen LogP contribution in [0.4, 0.5) is 0 Å². The van der Waals surface area contributed by atoms with Crippen LogP contribution in [0.3, 0.4) is 0 Å². The summed E-state index contributed by atoms with van der Waals surface area (Å²) in [6.07, 6.45) is 18.5. The molecule has 1 N–H and O–H groups in total. The van der Waals surface area contributed by atoms with Crippen LogP contribution in [-0.4, -0.2) is 27.8 Å². The lowest BCUT2D eigenvalue weighted by molar-refractivity contribution is -0.0538. The topological polar surface area (TPSA) is 59.4 Å². The van der Waals surface area contributed by atoms with E-state index in [0.29, 0.717) is 11.1 Å². The monoisotopic (exact) mass is 493 g/mol. The summed E-state index contributed by atoms with van der Waals surface area (Å²) < 4.78 is 5.92. The van der Waals surface area contributed by atoms with Gasteiger partial charge in [-0.15, -0.1) is 0 Å². The van der Waals surface area contributed by atoms with E-state index in [1.54, 1.807) is 17.8 Å². The van der Waals surface area contributed by atoms with E-state index in [1.165, 1.54) is 44.9 Å². The van der Waals surface area contributed by atoms with Gasteiger partial charge in [-0.2, -0.15) is 0 Å². The number of fused-ring (bicyclic) bond motifs is 5. The van der Waals surface area contributed by atoms with Gasteiger partial charge in [0.15, 0.2) is 0 Å². The molecule has 0 aromatic carbocycles. The molecule has 0 bridgehead atoms. The fourth-order valence-electron chi connectivity index (χ4n) is 8.95. The van der Waals surface area contributed by atoms with Crippen LogP contribution in [0.15, 0.2) is 36.0 Å². The Morgan fingerprint density at radius 3 is 2.69 bits per heavy atom. The number of pyridine rings is 1. The first-order valence-corrected chi connectivity index (χ1v) is 14.6. The molecule has 7 atom stereocenters. The quantitative estimate of drug-likeness (QED) is 0.242. The number of unbranched alkanes of at least 4 members (excludes halogenated alkanes) is 1. The highest BCUT2D eigenvalue weighted by Gasteiger charge is 2.58. The van der Waals surface area contributed by atoms with Gasteiger partial charge in [-0.1, -0.05) is 44.4 Å². The molecular formula is C32H47NO3. The fraction of sp³-hybridized carbons (Fsp3) is 0.750. The number of hydrogen-bond acceptors (Lipinski definition) is 4. The lowest BCUT2D eigenvalue weighted by atomic mass is 9.47. The summed E-state index contributed by atoms with van der Waals surface area (Å²) in [6.45, 7) is 9.02. The Labute approximate surface area is 218 Å². The second-order valence-electron chi connectivity index (χ2n) is 13.6. The van der Waals surface area contributed by atoms with Crippen LogP contribution in [0.1, 0.15) is 115 Å². The Balaban J connectivity index is 1.22. The summed E-state index contributed by atoms with van der Waals surface area (Å²) in [6, 6.07) is 5.40. The van der Waals surface area contributed by atoms with Gasteiger partial charge in [0.25, 0.3) is 0 Å². The van der Waals surface area contributed by atoms with Gasteiger partial charge in [0, 0.05) is 12.6 Å². The molecule has 5 rings (SSSR count). The Morgan fingerprint density at radius 2 is 1.94 bits per heavy atom. The van der Waals surface area contributed by atoms with E-state index in [4.69, 9.17) is 4.74 Å². The first-order chi connectivity index (χ1) is 17.1. The zero-order chi connectivity index (χ0) is 25.6. The van der Waals surface area contributed by atoms with Gasteiger partial charge in [0.1, 0.15) is 11.8 Å². The summed E-state index contributed by atoms with van der Waals surface area (Å²) in [5.74, 6) is 3.00. The second-order valence-corrected chi connectivity index (χ2v) is 13.6. The van der Waals surface area contributed by atoms with E-state index in [2.05, 4.69) is 24.9 Å². The largest absolute Gasteiger partial charge is 0.457 e. The molecule has 0 amide bonds. The lowest BCUT2D eigenvalue weighted by Gasteiger charge is -2.58. The summed E-state index contributed by atoms with van der Waals surface area (Å²) in [5, 5.41) is 10.1. The number of rotatable bonds is 7. The molecule has 4 heteroatoms. The zero-order valence-corrected chi connectivity index (χ0v) is 23.0. The first kappa shape index (κ1) is 25.9. The van der Waals surface area contributed by atoms with Gasteiger partial charge in [0.2, 0.25) is 0 Å². The van der Waals surface area contributed by atoms with Crippen LogP contribution in [0.2, 0.25) is 0 Å². The average molecular weight is 494 g/mol. The van der Waals surface area contributed by atoms with E-state index in [9.17, 15) is 9.90 Å². The molecule has 4 nitrogen and oxygen atoms in total. The van der Waals surface area contributed by atoms with Crippen LogP contribution in [0.5, 0.6) is 0 Å². The minimum Gasteiger partial charge on any atom is -0.457 e. The summed E-state index contributed by atoms with van der Waals surface area (Å²) in [7, 11) is 0. The van der Waals surface area contributed by atoms with E-state index in [-0.39, 0.29) is 17.5 Å². The predicted molar refractivity (Wildman–Crippen MR) is 143 cm³/mol. The molecule has 36 heavy (non-hydrogen) atoms. The number of allylic oxidation sites excluding steroid dienone is 1. The van der Waals surface area contributed by atoms with Crippen LogP contribution < -0.4 is 0 Å². The van der Waals surface area contributed by atoms with Gasteiger partial charge in [-0.05, 0) is 118 Å². The summed E-state index contributed by atoms with van der Waals surface area (Å²) in [5.41, 5.74) is 2.19. The molecule has 0 radical (unpaired) electrons. The summed E-state index contributed by atoms with van der Waals surface area (Å²) >= 11 is 0. The van der Waals surface area contributed by atoms with E-state index >= 15 is 0 Å². The molecular weight excluding hydrogens is 446 g/mol. The number of carbonyl (C=O) groups is 1. The molecule has 4 aliphatic rings. The molecule has 3 fully saturated rings. The highest BCUT2D eigenvalue weighted by molar-refractivity contribution is 5.87. The van der Waals surface area contributed by atoms with Gasteiger partial charge in [0.05, 0.1) is 5.60 Å². The maximum atomic E-state index is 12.6. The molecule has 4 aliphatic carbocycles. The van der Waals surface area contributed by atoms with Crippen LogP contribution in [-0.2, 0) is 4.74 Å². The highest BCUT2D eigenvalue weighted by atomic mass is 16.5. The second kappa shape index (κ2) is 9.89. The number of esters is 1. The lowest BCUT2D eigenvalue weighted by Crippen LogP contribution is -2.50. The smallest absolute Gasteiger partial charge is 0.357 e. The van der Waals surface area contributed by atoms with Crippen LogP contribution in [0, 0.1) is 34.5 Å². The number of aliphatic hydroxyl groups is 1. The van der Waals surface area contributed by atoms with Crippen molar-refractivity contribution in [2.24, 2.45) is 34.5 Å². The maximum Gasteiger partial charge on any atom is 0.357 e. The van der Waals surface area contributed by atoms with Crippen molar-refractivity contribution in [3.8, 4) is 0 Å². The third kappa shape index (κ3) is 4.91. The third-order valence-electron chi connectivity index (χ3n) is 11.0. The van der Waals surface area contributed by atoms with Gasteiger partial charge < -0.3 is 9.84 Å². The van der Waals surface area contributed by atoms with Crippen molar-refractivity contribution in [1.29, 1.82) is 0 Å². The van der Waals surface area contributed by atoms with Crippen molar-refractivity contribution in [2.45, 2.75) is 116 Å². The third-order valence-corrected chi connectivity index (χ3v) is 11.0. The number of nitrogens with zero attached hydrogens (tertiary/aromatic N) is 1. The van der Waals surface area contributed by atoms with Crippen molar-refractivity contribution in [3.05, 3.63) is 41.7 Å². The van der Waals surface area contributed by atoms with E-state index < -0.39 is 5.60 Å². The predicted octanol–water partition coefficient (Wildman–Crippen LogP) is 7.52. The van der Waals surface area contributed by atoms with Crippen LogP contribution in [0.25, 0.3) is 0 Å². The molecule has 198 valence electrons. The fourth-order valence-corrected chi connectivity index (χ4v) is 8.95. The number of ether oxygens (including phenoxy) is 1. The van der Waals surface area contributed by atoms with Crippen LogP contribution >= 0.6 is 0 Å². The minimum atomic E-state index is -0.530. The highest BCUT2D eigenvalue weighted by Crippen LogP contribution is 2.66. The molecule has 7 unspecified atom stereocenters. The number of carbonyl (C=O) groups excluding carboxylic acids is 1. The molecule has 1 aromatic heterocycles. The van der Waals surface area contributed by atoms with Gasteiger partial charge in [-0.25, -0.2) is 9.78 Å². The average Bonchev–Trinajstić information content (AvgIpc) is 3.18. The van der Waals surface area contributed by atoms with Gasteiger partial charge in [-0.3, -0.25) is 0 Å². The molecule has 1 aromatic rings. The Bertz CT molecular complexity index is 965. The Morgan fingerprint density at radius 1 is 1.11 bits per heavy atom. The van der Waals surface area contributed by atoms with Crippen molar-refractivity contribution in [3.63, 3.8) is 0 Å². The zero-order valence-electron chi connectivity index (χ0n) is 23.0. The van der Waals surface area contributed by atoms with Crippen molar-refractivity contribution in [2.75, 3.05) is 0 Å². The van der Waals surface area contributed by atoms with E-state index in [0.717, 1.165) is 55.8 Å². The number of aromatic nitrogens is 1. The molecule has 3 saturated carbocycles. The normalized spacial score (nSPS) is 37.9. The van der Waals surface area contributed by atoms with E-state index in [1.807, 2.05) is 26.0 Å². The first-order valence-electron chi connectivity index (χ1n) is 14.6. The molecule has 0 saturated heterocycles.